The van der Waals surface area contributed by atoms with Gasteiger partial charge >= 0.3 is 12.0 Å². The van der Waals surface area contributed by atoms with Crippen LogP contribution in [0.15, 0.2) is 0 Å². The second kappa shape index (κ2) is 6.11. The van der Waals surface area contributed by atoms with E-state index in [9.17, 15) is 14.4 Å². The maximum absolute atomic E-state index is 12.4. The molecule has 0 aromatic heterocycles. The molecule has 112 valence electrons. The number of nitrogens with two attached hydrogens (primary N) is 1. The highest BCUT2D eigenvalue weighted by Gasteiger charge is 2.36. The van der Waals surface area contributed by atoms with Crippen molar-refractivity contribution in [2.45, 2.75) is 38.1 Å². The molecule has 2 rings (SSSR count). The van der Waals surface area contributed by atoms with Gasteiger partial charge in [0.25, 0.3) is 0 Å². The fourth-order valence-corrected chi connectivity index (χ4v) is 3.13. The Kier molecular flexibility index (Phi) is 4.46. The van der Waals surface area contributed by atoms with Gasteiger partial charge in [0.2, 0.25) is 5.91 Å². The number of nitrogens with zero attached hydrogens (tertiary/aromatic N) is 2. The lowest BCUT2D eigenvalue weighted by molar-refractivity contribution is -0.138. The van der Waals surface area contributed by atoms with Crippen molar-refractivity contribution >= 4 is 17.9 Å². The van der Waals surface area contributed by atoms with Crippen LogP contribution in [0.25, 0.3) is 0 Å². The molecule has 3 amide bonds. The summed E-state index contributed by atoms with van der Waals surface area (Å²) in [7, 11) is 0. The Bertz CT molecular complexity index is 412. The van der Waals surface area contributed by atoms with Crippen molar-refractivity contribution < 1.29 is 19.5 Å². The number of primary amides is 1. The Balaban J connectivity index is 1.97. The molecule has 2 aliphatic heterocycles. The summed E-state index contributed by atoms with van der Waals surface area (Å²) < 4.78 is 0. The van der Waals surface area contributed by atoms with Gasteiger partial charge in [-0.15, -0.1) is 0 Å². The molecule has 2 saturated heterocycles. The third-order valence-corrected chi connectivity index (χ3v) is 4.08. The molecule has 7 nitrogen and oxygen atoms in total. The van der Waals surface area contributed by atoms with Crippen LogP contribution >= 0.6 is 0 Å². The molecule has 2 atom stereocenters. The highest BCUT2D eigenvalue weighted by Crippen LogP contribution is 2.24. The van der Waals surface area contributed by atoms with Crippen LogP contribution < -0.4 is 5.73 Å². The minimum absolute atomic E-state index is 0.000156. The molecule has 2 heterocycles. The summed E-state index contributed by atoms with van der Waals surface area (Å²) in [6, 6.07) is -0.691. The molecule has 0 aliphatic carbocycles. The first kappa shape index (κ1) is 14.6. The average Bonchev–Trinajstić information content (AvgIpc) is 2.86. The molecular formula is C13H21N3O4. The Morgan fingerprint density at radius 3 is 2.50 bits per heavy atom. The monoisotopic (exact) mass is 283 g/mol. The summed E-state index contributed by atoms with van der Waals surface area (Å²) in [4.78, 5) is 37.7. The predicted molar refractivity (Wildman–Crippen MR) is 70.9 cm³/mol. The Labute approximate surface area is 117 Å². The van der Waals surface area contributed by atoms with Gasteiger partial charge in [-0.25, -0.2) is 4.79 Å². The molecule has 0 aromatic rings. The number of aliphatic carboxylic acids is 1. The summed E-state index contributed by atoms with van der Waals surface area (Å²) in [6.07, 6.45) is 3.12. The quantitative estimate of drug-likeness (QED) is 0.774. The molecule has 2 fully saturated rings. The number of likely N-dealkylation sites (tertiary alicyclic amines) is 2. The van der Waals surface area contributed by atoms with Crippen LogP contribution in [0.5, 0.6) is 0 Å². The van der Waals surface area contributed by atoms with E-state index in [2.05, 4.69) is 0 Å². The van der Waals surface area contributed by atoms with Gasteiger partial charge < -0.3 is 20.6 Å². The van der Waals surface area contributed by atoms with E-state index >= 15 is 0 Å². The van der Waals surface area contributed by atoms with Gasteiger partial charge in [0.05, 0.1) is 0 Å². The van der Waals surface area contributed by atoms with Crippen molar-refractivity contribution in [1.29, 1.82) is 0 Å². The molecule has 2 aliphatic rings. The van der Waals surface area contributed by atoms with E-state index < -0.39 is 17.9 Å². The highest BCUT2D eigenvalue weighted by atomic mass is 16.4. The molecule has 20 heavy (non-hydrogen) atoms. The molecule has 2 unspecified atom stereocenters. The molecular weight excluding hydrogens is 262 g/mol. The second-order valence-corrected chi connectivity index (χ2v) is 5.59. The third kappa shape index (κ3) is 3.20. The van der Waals surface area contributed by atoms with E-state index in [4.69, 9.17) is 10.8 Å². The van der Waals surface area contributed by atoms with Crippen molar-refractivity contribution in [3.63, 3.8) is 0 Å². The average molecular weight is 283 g/mol. The van der Waals surface area contributed by atoms with E-state index in [-0.39, 0.29) is 18.4 Å². The summed E-state index contributed by atoms with van der Waals surface area (Å²) in [5, 5.41) is 8.84. The lowest BCUT2D eigenvalue weighted by Crippen LogP contribution is -2.52. The Morgan fingerprint density at radius 2 is 1.85 bits per heavy atom. The van der Waals surface area contributed by atoms with E-state index in [0.717, 1.165) is 19.3 Å². The molecule has 0 bridgehead atoms. The van der Waals surface area contributed by atoms with E-state index in [0.29, 0.717) is 26.1 Å². The van der Waals surface area contributed by atoms with Gasteiger partial charge in [-0.1, -0.05) is 0 Å². The number of hydrogen-bond donors (Lipinski definition) is 2. The molecule has 0 radical (unpaired) electrons. The highest BCUT2D eigenvalue weighted by molar-refractivity contribution is 5.86. The van der Waals surface area contributed by atoms with Gasteiger partial charge in [-0.05, 0) is 31.6 Å². The zero-order valence-electron chi connectivity index (χ0n) is 11.5. The maximum Gasteiger partial charge on any atom is 0.320 e. The number of carbonyl (C=O) groups is 3. The predicted octanol–water partition coefficient (Wildman–Crippen LogP) is 0.243. The van der Waals surface area contributed by atoms with Gasteiger partial charge in [0.15, 0.2) is 0 Å². The van der Waals surface area contributed by atoms with Crippen molar-refractivity contribution in [2.24, 2.45) is 11.7 Å². The van der Waals surface area contributed by atoms with Crippen molar-refractivity contribution in [3.05, 3.63) is 0 Å². The standard InChI is InChI=1S/C13H21N3O4/c14-12(19)10-4-2-6-16(10)13(20)15-5-1-3-9(8-15)7-11(17)18/h9-10H,1-8H2,(H2,14,19)(H,17,18). The first-order chi connectivity index (χ1) is 9.49. The molecule has 7 heteroatoms. The van der Waals surface area contributed by atoms with Gasteiger partial charge in [0.1, 0.15) is 6.04 Å². The van der Waals surface area contributed by atoms with E-state index in [1.54, 1.807) is 4.90 Å². The molecule has 3 N–H and O–H groups in total. The second-order valence-electron chi connectivity index (χ2n) is 5.59. The topological polar surface area (TPSA) is 104 Å². The van der Waals surface area contributed by atoms with Crippen molar-refractivity contribution in [2.75, 3.05) is 19.6 Å². The number of rotatable bonds is 3. The summed E-state index contributed by atoms with van der Waals surface area (Å²) >= 11 is 0. The van der Waals surface area contributed by atoms with Gasteiger partial charge in [-0.2, -0.15) is 0 Å². The zero-order chi connectivity index (χ0) is 14.7. The fraction of sp³-hybridized carbons (Fsp3) is 0.769. The minimum atomic E-state index is -0.833. The number of hydrogen-bond acceptors (Lipinski definition) is 3. The number of carbonyl (C=O) groups excluding carboxylic acids is 2. The SMILES string of the molecule is NC(=O)C1CCCN1C(=O)N1CCCC(CC(=O)O)C1. The first-order valence-electron chi connectivity index (χ1n) is 7.05. The van der Waals surface area contributed by atoms with E-state index in [1.165, 1.54) is 4.90 Å². The zero-order valence-corrected chi connectivity index (χ0v) is 11.5. The Morgan fingerprint density at radius 1 is 1.15 bits per heavy atom. The van der Waals surface area contributed by atoms with Crippen molar-refractivity contribution in [3.8, 4) is 0 Å². The number of carboxylic acids is 1. The van der Waals surface area contributed by atoms with Crippen LogP contribution in [0.2, 0.25) is 0 Å². The molecule has 0 aromatic carbocycles. The lowest BCUT2D eigenvalue weighted by Gasteiger charge is -2.36. The largest absolute Gasteiger partial charge is 0.481 e. The number of urea groups is 1. The molecule has 0 spiro atoms. The van der Waals surface area contributed by atoms with E-state index in [1.807, 2.05) is 0 Å². The first-order valence-corrected chi connectivity index (χ1v) is 7.05. The normalized spacial score (nSPS) is 26.6. The number of carboxylic acid groups (broad SMARTS) is 1. The summed E-state index contributed by atoms with van der Waals surface area (Å²) in [6.45, 7) is 1.62. The van der Waals surface area contributed by atoms with Gasteiger partial charge in [-0.3, -0.25) is 9.59 Å². The summed E-state index contributed by atoms with van der Waals surface area (Å²) in [5.74, 6) is -1.30. The lowest BCUT2D eigenvalue weighted by atomic mass is 9.95. The van der Waals surface area contributed by atoms with Crippen LogP contribution in [0.1, 0.15) is 32.1 Å². The summed E-state index contributed by atoms with van der Waals surface area (Å²) in [5.41, 5.74) is 5.32. The van der Waals surface area contributed by atoms with Gasteiger partial charge in [0, 0.05) is 26.1 Å². The minimum Gasteiger partial charge on any atom is -0.481 e. The smallest absolute Gasteiger partial charge is 0.320 e. The van der Waals surface area contributed by atoms with Crippen LogP contribution in [-0.2, 0) is 9.59 Å². The van der Waals surface area contributed by atoms with Crippen LogP contribution in [-0.4, -0.2) is 58.5 Å². The fourth-order valence-electron chi connectivity index (χ4n) is 3.13. The molecule has 0 saturated carbocycles. The van der Waals surface area contributed by atoms with Crippen LogP contribution in [0.4, 0.5) is 4.79 Å². The third-order valence-electron chi connectivity index (χ3n) is 4.08. The number of amides is 3. The van der Waals surface area contributed by atoms with Crippen LogP contribution in [0.3, 0.4) is 0 Å². The van der Waals surface area contributed by atoms with Crippen LogP contribution in [0, 0.1) is 5.92 Å². The Hall–Kier alpha value is -1.79. The van der Waals surface area contributed by atoms with Crippen molar-refractivity contribution in [1.82, 2.24) is 9.80 Å². The maximum atomic E-state index is 12.4. The number of piperidine rings is 1.